The van der Waals surface area contributed by atoms with Crippen molar-refractivity contribution in [2.75, 3.05) is 0 Å². The number of nitrogens with zero attached hydrogens (tertiary/aromatic N) is 1. The van der Waals surface area contributed by atoms with Gasteiger partial charge in [-0.05, 0) is 32.0 Å². The van der Waals surface area contributed by atoms with Gasteiger partial charge in [-0.1, -0.05) is 0 Å². The van der Waals surface area contributed by atoms with Crippen molar-refractivity contribution >= 4 is 23.2 Å². The van der Waals surface area contributed by atoms with Crippen LogP contribution in [-0.4, -0.2) is 28.1 Å². The third-order valence-electron chi connectivity index (χ3n) is 2.65. The van der Waals surface area contributed by atoms with Gasteiger partial charge >= 0.3 is 5.97 Å². The number of aromatic nitrogens is 1. The molecule has 22 heavy (non-hydrogen) atoms. The van der Waals surface area contributed by atoms with Crippen LogP contribution in [0.15, 0.2) is 30.5 Å². The SMILES string of the molecule is CC(C)Oc1ccc(C(=O)NCc2ccc(C(=O)O)s2)cn1. The number of hydrogen-bond acceptors (Lipinski definition) is 5. The molecule has 0 bridgehead atoms. The van der Waals surface area contributed by atoms with Crippen LogP contribution in [0.2, 0.25) is 0 Å². The first kappa shape index (κ1) is 16.0. The van der Waals surface area contributed by atoms with Gasteiger partial charge < -0.3 is 15.2 Å². The maximum absolute atomic E-state index is 12.0. The zero-order valence-electron chi connectivity index (χ0n) is 12.2. The Hall–Kier alpha value is -2.41. The van der Waals surface area contributed by atoms with Crippen molar-refractivity contribution in [1.82, 2.24) is 10.3 Å². The topological polar surface area (TPSA) is 88.5 Å². The van der Waals surface area contributed by atoms with Crippen molar-refractivity contribution in [3.63, 3.8) is 0 Å². The number of carboxylic acids is 1. The highest BCUT2D eigenvalue weighted by atomic mass is 32.1. The zero-order valence-corrected chi connectivity index (χ0v) is 13.0. The maximum Gasteiger partial charge on any atom is 0.345 e. The van der Waals surface area contributed by atoms with E-state index < -0.39 is 5.97 Å². The number of hydrogen-bond donors (Lipinski definition) is 2. The number of amides is 1. The van der Waals surface area contributed by atoms with E-state index >= 15 is 0 Å². The number of rotatable bonds is 6. The van der Waals surface area contributed by atoms with E-state index in [9.17, 15) is 9.59 Å². The lowest BCUT2D eigenvalue weighted by Gasteiger charge is -2.09. The molecule has 2 aromatic heterocycles. The highest BCUT2D eigenvalue weighted by Gasteiger charge is 2.10. The average Bonchev–Trinajstić information content (AvgIpc) is 2.94. The molecule has 2 N–H and O–H groups in total. The minimum Gasteiger partial charge on any atom is -0.477 e. The molecular formula is C15H16N2O4S. The summed E-state index contributed by atoms with van der Waals surface area (Å²) in [5, 5.41) is 11.6. The number of pyridine rings is 1. The Morgan fingerprint density at radius 1 is 1.32 bits per heavy atom. The summed E-state index contributed by atoms with van der Waals surface area (Å²) in [6, 6.07) is 6.49. The largest absolute Gasteiger partial charge is 0.477 e. The third kappa shape index (κ3) is 4.29. The van der Waals surface area contributed by atoms with Crippen LogP contribution >= 0.6 is 11.3 Å². The molecule has 116 valence electrons. The second-order valence-electron chi connectivity index (χ2n) is 4.81. The van der Waals surface area contributed by atoms with Crippen LogP contribution in [0.1, 0.15) is 38.8 Å². The van der Waals surface area contributed by atoms with E-state index in [1.54, 1.807) is 18.2 Å². The molecule has 0 aromatic carbocycles. The summed E-state index contributed by atoms with van der Waals surface area (Å²) in [5.74, 6) is -0.766. The molecule has 0 spiro atoms. The lowest BCUT2D eigenvalue weighted by Crippen LogP contribution is -2.22. The van der Waals surface area contributed by atoms with Gasteiger partial charge in [0, 0.05) is 17.1 Å². The molecule has 0 fully saturated rings. The Labute approximate surface area is 131 Å². The molecule has 0 unspecified atom stereocenters. The monoisotopic (exact) mass is 320 g/mol. The Bertz CT molecular complexity index is 664. The first-order valence-corrected chi connectivity index (χ1v) is 7.50. The molecule has 0 atom stereocenters. The Morgan fingerprint density at radius 2 is 2.09 bits per heavy atom. The highest BCUT2D eigenvalue weighted by molar-refractivity contribution is 7.13. The molecule has 0 radical (unpaired) electrons. The molecule has 0 saturated carbocycles. The fraction of sp³-hybridized carbons (Fsp3) is 0.267. The van der Waals surface area contributed by atoms with Crippen LogP contribution in [0.4, 0.5) is 0 Å². The number of aromatic carboxylic acids is 1. The predicted octanol–water partition coefficient (Wildman–Crippen LogP) is 2.56. The molecule has 2 rings (SSSR count). The molecule has 6 nitrogen and oxygen atoms in total. The van der Waals surface area contributed by atoms with E-state index in [1.165, 1.54) is 12.3 Å². The molecule has 2 aromatic rings. The van der Waals surface area contributed by atoms with Gasteiger partial charge in [0.25, 0.3) is 5.91 Å². The van der Waals surface area contributed by atoms with Gasteiger partial charge in [0.05, 0.1) is 18.2 Å². The van der Waals surface area contributed by atoms with Crippen molar-refractivity contribution in [2.24, 2.45) is 0 Å². The van der Waals surface area contributed by atoms with Crippen molar-refractivity contribution in [3.8, 4) is 5.88 Å². The second-order valence-corrected chi connectivity index (χ2v) is 5.97. The van der Waals surface area contributed by atoms with Gasteiger partial charge in [0.2, 0.25) is 5.88 Å². The highest BCUT2D eigenvalue weighted by Crippen LogP contribution is 2.16. The van der Waals surface area contributed by atoms with Gasteiger partial charge in [-0.15, -0.1) is 11.3 Å². The third-order valence-corrected chi connectivity index (χ3v) is 3.72. The Kier molecular flexibility index (Phi) is 5.11. The quantitative estimate of drug-likeness (QED) is 0.854. The summed E-state index contributed by atoms with van der Waals surface area (Å²) in [6.07, 6.45) is 1.47. The van der Waals surface area contributed by atoms with Gasteiger partial charge in [-0.2, -0.15) is 0 Å². The molecule has 0 aliphatic heterocycles. The Balaban J connectivity index is 1.92. The fourth-order valence-corrected chi connectivity index (χ4v) is 2.47. The van der Waals surface area contributed by atoms with E-state index in [4.69, 9.17) is 9.84 Å². The van der Waals surface area contributed by atoms with E-state index in [0.717, 1.165) is 16.2 Å². The number of carbonyl (C=O) groups is 2. The van der Waals surface area contributed by atoms with Gasteiger partial charge in [0.1, 0.15) is 4.88 Å². The summed E-state index contributed by atoms with van der Waals surface area (Å²) >= 11 is 1.14. The van der Waals surface area contributed by atoms with Crippen LogP contribution in [0.3, 0.4) is 0 Å². The summed E-state index contributed by atoms with van der Waals surface area (Å²) in [6.45, 7) is 4.07. The second kappa shape index (κ2) is 7.04. The first-order chi connectivity index (χ1) is 10.5. The average molecular weight is 320 g/mol. The van der Waals surface area contributed by atoms with E-state index in [-0.39, 0.29) is 23.4 Å². The number of ether oxygens (including phenoxy) is 1. The summed E-state index contributed by atoms with van der Waals surface area (Å²) < 4.78 is 5.41. The minimum atomic E-state index is -0.965. The number of carbonyl (C=O) groups excluding carboxylic acids is 1. The van der Waals surface area contributed by atoms with Crippen LogP contribution in [0.5, 0.6) is 5.88 Å². The first-order valence-electron chi connectivity index (χ1n) is 6.68. The summed E-state index contributed by atoms with van der Waals surface area (Å²) in [7, 11) is 0. The molecule has 1 amide bonds. The van der Waals surface area contributed by atoms with Gasteiger partial charge in [-0.25, -0.2) is 9.78 Å². The smallest absolute Gasteiger partial charge is 0.345 e. The standard InChI is InChI=1S/C15H16N2O4S/c1-9(2)21-13-6-3-10(7-16-13)14(18)17-8-11-4-5-12(22-11)15(19)20/h3-7,9H,8H2,1-2H3,(H,17,18)(H,19,20). The zero-order chi connectivity index (χ0) is 16.1. The van der Waals surface area contributed by atoms with Crippen molar-refractivity contribution in [2.45, 2.75) is 26.5 Å². The van der Waals surface area contributed by atoms with Crippen LogP contribution in [0.25, 0.3) is 0 Å². The molecule has 2 heterocycles. The predicted molar refractivity (Wildman–Crippen MR) is 82.4 cm³/mol. The van der Waals surface area contributed by atoms with Crippen LogP contribution in [0, 0.1) is 0 Å². The van der Waals surface area contributed by atoms with Crippen molar-refractivity contribution in [3.05, 3.63) is 45.8 Å². The fourth-order valence-electron chi connectivity index (χ4n) is 1.68. The lowest BCUT2D eigenvalue weighted by atomic mass is 10.2. The van der Waals surface area contributed by atoms with Crippen LogP contribution in [-0.2, 0) is 6.54 Å². The van der Waals surface area contributed by atoms with Crippen molar-refractivity contribution < 1.29 is 19.4 Å². The van der Waals surface area contributed by atoms with Gasteiger partial charge in [0.15, 0.2) is 0 Å². The molecule has 0 saturated heterocycles. The van der Waals surface area contributed by atoms with Gasteiger partial charge in [-0.3, -0.25) is 4.79 Å². The maximum atomic E-state index is 12.0. The summed E-state index contributed by atoms with van der Waals surface area (Å²) in [5.41, 5.74) is 0.422. The lowest BCUT2D eigenvalue weighted by molar-refractivity contribution is 0.0702. The van der Waals surface area contributed by atoms with Crippen LogP contribution < -0.4 is 10.1 Å². The number of carboxylic acid groups (broad SMARTS) is 1. The van der Waals surface area contributed by atoms with Crippen molar-refractivity contribution in [1.29, 1.82) is 0 Å². The van der Waals surface area contributed by atoms with E-state index in [2.05, 4.69) is 10.3 Å². The number of nitrogens with one attached hydrogen (secondary N) is 1. The Morgan fingerprint density at radius 3 is 2.64 bits per heavy atom. The minimum absolute atomic E-state index is 0.0226. The molecule has 7 heteroatoms. The number of thiophene rings is 1. The molecule has 0 aliphatic carbocycles. The molecule has 0 aliphatic rings. The van der Waals surface area contributed by atoms with E-state index in [1.807, 2.05) is 13.8 Å². The van der Waals surface area contributed by atoms with E-state index in [0.29, 0.717) is 11.4 Å². The molecular weight excluding hydrogens is 304 g/mol. The summed E-state index contributed by atoms with van der Waals surface area (Å²) in [4.78, 5) is 27.9. The normalized spacial score (nSPS) is 10.5.